The number of nitrogens with zero attached hydrogens (tertiary/aromatic N) is 2. The van der Waals surface area contributed by atoms with Crippen LogP contribution in [0.25, 0.3) is 22.0 Å². The number of ether oxygens (including phenoxy) is 3. The highest BCUT2D eigenvalue weighted by Crippen LogP contribution is 2.33. The van der Waals surface area contributed by atoms with Crippen molar-refractivity contribution in [3.63, 3.8) is 0 Å². The Bertz CT molecular complexity index is 1100. The first-order valence-corrected chi connectivity index (χ1v) is 9.44. The standard InChI is InChI=1S/C23H24N2O4/c1-27-17-9-7-16(8-10-17)18-15-25(14-6-4-5-13-24)22-20(29-3)12-11-19(28-2)21(22)23(18)26/h7-12,15H,4-6,14H2,1-3H3. The summed E-state index contributed by atoms with van der Waals surface area (Å²) in [5.41, 5.74) is 1.96. The first-order valence-electron chi connectivity index (χ1n) is 9.44. The summed E-state index contributed by atoms with van der Waals surface area (Å²) in [6.45, 7) is 0.658. The maximum atomic E-state index is 13.4. The molecular formula is C23H24N2O4. The van der Waals surface area contributed by atoms with Crippen LogP contribution in [-0.4, -0.2) is 25.9 Å². The Morgan fingerprint density at radius 3 is 2.24 bits per heavy atom. The van der Waals surface area contributed by atoms with Gasteiger partial charge in [-0.15, -0.1) is 0 Å². The summed E-state index contributed by atoms with van der Waals surface area (Å²) < 4.78 is 18.3. The van der Waals surface area contributed by atoms with Crippen LogP contribution in [0.2, 0.25) is 0 Å². The molecule has 0 fully saturated rings. The molecule has 29 heavy (non-hydrogen) atoms. The third-order valence-corrected chi connectivity index (χ3v) is 4.92. The van der Waals surface area contributed by atoms with Crippen molar-refractivity contribution in [1.82, 2.24) is 4.57 Å². The van der Waals surface area contributed by atoms with E-state index in [1.807, 2.05) is 35.0 Å². The van der Waals surface area contributed by atoms with E-state index in [1.54, 1.807) is 33.5 Å². The van der Waals surface area contributed by atoms with Gasteiger partial charge in [-0.2, -0.15) is 5.26 Å². The topological polar surface area (TPSA) is 73.5 Å². The smallest absolute Gasteiger partial charge is 0.201 e. The van der Waals surface area contributed by atoms with E-state index < -0.39 is 0 Å². The van der Waals surface area contributed by atoms with Crippen molar-refractivity contribution in [2.45, 2.75) is 25.8 Å². The second kappa shape index (κ2) is 9.16. The first-order chi connectivity index (χ1) is 14.1. The molecule has 0 aliphatic carbocycles. The van der Waals surface area contributed by atoms with Crippen molar-refractivity contribution in [3.05, 3.63) is 52.8 Å². The maximum absolute atomic E-state index is 13.4. The lowest BCUT2D eigenvalue weighted by Gasteiger charge is -2.18. The minimum atomic E-state index is -0.116. The lowest BCUT2D eigenvalue weighted by atomic mass is 10.0. The minimum absolute atomic E-state index is 0.116. The van der Waals surface area contributed by atoms with Gasteiger partial charge in [0.2, 0.25) is 5.43 Å². The predicted octanol–water partition coefficient (Wildman–Crippen LogP) is 4.39. The number of rotatable bonds is 8. The number of nitriles is 1. The van der Waals surface area contributed by atoms with Crippen molar-refractivity contribution >= 4 is 10.9 Å². The molecule has 0 saturated carbocycles. The second-order valence-electron chi connectivity index (χ2n) is 6.60. The Labute approximate surface area is 169 Å². The van der Waals surface area contributed by atoms with Crippen molar-refractivity contribution in [2.24, 2.45) is 0 Å². The third-order valence-electron chi connectivity index (χ3n) is 4.92. The molecule has 6 nitrogen and oxygen atoms in total. The summed E-state index contributed by atoms with van der Waals surface area (Å²) in [6.07, 6.45) is 3.97. The highest BCUT2D eigenvalue weighted by atomic mass is 16.5. The van der Waals surface area contributed by atoms with Gasteiger partial charge >= 0.3 is 0 Å². The summed E-state index contributed by atoms with van der Waals surface area (Å²) >= 11 is 0. The second-order valence-corrected chi connectivity index (χ2v) is 6.60. The zero-order valence-electron chi connectivity index (χ0n) is 16.9. The van der Waals surface area contributed by atoms with Crippen LogP contribution in [0.5, 0.6) is 17.2 Å². The molecule has 0 spiro atoms. The molecule has 1 heterocycles. The Balaban J connectivity index is 2.25. The minimum Gasteiger partial charge on any atom is -0.497 e. The zero-order chi connectivity index (χ0) is 20.8. The van der Waals surface area contributed by atoms with Crippen LogP contribution in [0.15, 0.2) is 47.4 Å². The SMILES string of the molecule is COc1ccc(-c2cn(CCCCC#N)c3c(OC)ccc(OC)c3c2=O)cc1. The number of hydrogen-bond acceptors (Lipinski definition) is 5. The molecule has 0 atom stereocenters. The van der Waals surface area contributed by atoms with E-state index in [4.69, 9.17) is 19.5 Å². The van der Waals surface area contributed by atoms with Crippen LogP contribution in [0.3, 0.4) is 0 Å². The van der Waals surface area contributed by atoms with Crippen LogP contribution in [0.4, 0.5) is 0 Å². The van der Waals surface area contributed by atoms with E-state index in [0.717, 1.165) is 24.2 Å². The van der Waals surface area contributed by atoms with Gasteiger partial charge in [-0.25, -0.2) is 0 Å². The normalized spacial score (nSPS) is 10.6. The van der Waals surface area contributed by atoms with Gasteiger partial charge < -0.3 is 18.8 Å². The molecule has 1 aromatic heterocycles. The highest BCUT2D eigenvalue weighted by molar-refractivity contribution is 5.93. The fraction of sp³-hybridized carbons (Fsp3) is 0.304. The Kier molecular flexibility index (Phi) is 6.40. The van der Waals surface area contributed by atoms with E-state index in [-0.39, 0.29) is 5.43 Å². The first kappa shape index (κ1) is 20.3. The number of unbranched alkanes of at least 4 members (excludes halogenated alkanes) is 2. The lowest BCUT2D eigenvalue weighted by molar-refractivity contribution is 0.407. The van der Waals surface area contributed by atoms with E-state index in [2.05, 4.69) is 6.07 Å². The average Bonchev–Trinajstić information content (AvgIpc) is 2.77. The molecule has 6 heteroatoms. The van der Waals surface area contributed by atoms with Gasteiger partial charge in [0.25, 0.3) is 0 Å². The number of benzene rings is 2. The molecule has 0 saturated heterocycles. The van der Waals surface area contributed by atoms with Crippen LogP contribution >= 0.6 is 0 Å². The number of fused-ring (bicyclic) bond motifs is 1. The third kappa shape index (κ3) is 4.04. The molecule has 0 radical (unpaired) electrons. The van der Waals surface area contributed by atoms with Gasteiger partial charge in [0.05, 0.1) is 38.3 Å². The van der Waals surface area contributed by atoms with Gasteiger partial charge in [0.1, 0.15) is 17.2 Å². The van der Waals surface area contributed by atoms with Crippen LogP contribution in [0, 0.1) is 11.3 Å². The molecule has 2 aromatic carbocycles. The lowest BCUT2D eigenvalue weighted by Crippen LogP contribution is -2.14. The monoisotopic (exact) mass is 392 g/mol. The number of hydrogen-bond donors (Lipinski definition) is 0. The summed E-state index contributed by atoms with van der Waals surface area (Å²) in [5.74, 6) is 1.84. The molecule has 3 aromatic rings. The molecule has 0 bridgehead atoms. The molecule has 0 aliphatic rings. The maximum Gasteiger partial charge on any atom is 0.201 e. The van der Waals surface area contributed by atoms with E-state index >= 15 is 0 Å². The summed E-state index contributed by atoms with van der Waals surface area (Å²) in [7, 11) is 4.75. The Morgan fingerprint density at radius 2 is 1.62 bits per heavy atom. The Hall–Kier alpha value is -3.46. The number of aryl methyl sites for hydroxylation is 1. The molecule has 0 amide bonds. The molecule has 0 aliphatic heterocycles. The number of pyridine rings is 1. The Morgan fingerprint density at radius 1 is 0.931 bits per heavy atom. The largest absolute Gasteiger partial charge is 0.497 e. The van der Waals surface area contributed by atoms with Crippen LogP contribution in [0.1, 0.15) is 19.3 Å². The molecule has 0 unspecified atom stereocenters. The summed E-state index contributed by atoms with van der Waals surface area (Å²) in [5, 5.41) is 9.30. The van der Waals surface area contributed by atoms with Crippen molar-refractivity contribution < 1.29 is 14.2 Å². The van der Waals surface area contributed by atoms with Crippen molar-refractivity contribution in [2.75, 3.05) is 21.3 Å². The molecular weight excluding hydrogens is 368 g/mol. The van der Waals surface area contributed by atoms with Crippen LogP contribution in [-0.2, 0) is 6.54 Å². The van der Waals surface area contributed by atoms with Gasteiger partial charge in [0.15, 0.2) is 0 Å². The average molecular weight is 392 g/mol. The molecule has 0 N–H and O–H groups in total. The molecule has 150 valence electrons. The zero-order valence-corrected chi connectivity index (χ0v) is 16.9. The highest BCUT2D eigenvalue weighted by Gasteiger charge is 2.18. The molecule has 3 rings (SSSR count). The van der Waals surface area contributed by atoms with Gasteiger partial charge in [0, 0.05) is 24.7 Å². The van der Waals surface area contributed by atoms with Gasteiger partial charge in [-0.1, -0.05) is 12.1 Å². The predicted molar refractivity (Wildman–Crippen MR) is 113 cm³/mol. The fourth-order valence-corrected chi connectivity index (χ4v) is 3.45. The van der Waals surface area contributed by atoms with Crippen molar-refractivity contribution in [1.29, 1.82) is 5.26 Å². The number of aromatic nitrogens is 1. The summed E-state index contributed by atoms with van der Waals surface area (Å²) in [4.78, 5) is 13.4. The summed E-state index contributed by atoms with van der Waals surface area (Å²) in [6, 6.07) is 13.1. The van der Waals surface area contributed by atoms with E-state index in [0.29, 0.717) is 40.9 Å². The van der Waals surface area contributed by atoms with Gasteiger partial charge in [-0.05, 0) is 42.7 Å². The fourth-order valence-electron chi connectivity index (χ4n) is 3.45. The van der Waals surface area contributed by atoms with Crippen molar-refractivity contribution in [3.8, 4) is 34.4 Å². The van der Waals surface area contributed by atoms with E-state index in [1.165, 1.54) is 0 Å². The van der Waals surface area contributed by atoms with Crippen LogP contribution < -0.4 is 19.6 Å². The van der Waals surface area contributed by atoms with E-state index in [9.17, 15) is 4.79 Å². The quantitative estimate of drug-likeness (QED) is 0.532. The number of methoxy groups -OCH3 is 3. The van der Waals surface area contributed by atoms with Gasteiger partial charge in [-0.3, -0.25) is 4.79 Å².